The van der Waals surface area contributed by atoms with Gasteiger partial charge in [0.05, 0.1) is 17.6 Å². The van der Waals surface area contributed by atoms with Crippen molar-refractivity contribution in [2.24, 2.45) is 5.92 Å². The quantitative estimate of drug-likeness (QED) is 0.803. The number of hydrogen-bond acceptors (Lipinski definition) is 2. The van der Waals surface area contributed by atoms with Gasteiger partial charge in [-0.1, -0.05) is 12.1 Å². The van der Waals surface area contributed by atoms with Gasteiger partial charge in [0.1, 0.15) is 5.82 Å². The Morgan fingerprint density at radius 3 is 3.05 bits per heavy atom. The van der Waals surface area contributed by atoms with Crippen LogP contribution in [-0.4, -0.2) is 28.6 Å². The van der Waals surface area contributed by atoms with Crippen molar-refractivity contribution in [2.75, 3.05) is 19.1 Å². The van der Waals surface area contributed by atoms with Gasteiger partial charge in [-0.15, -0.1) is 11.6 Å². The zero-order valence-electron chi connectivity index (χ0n) is 12.1. The molecule has 0 radical (unpaired) electrons. The normalized spacial score (nSPS) is 20.6. The number of nitrogens with zero attached hydrogens (tertiary/aromatic N) is 2. The fourth-order valence-electron chi connectivity index (χ4n) is 3.16. The van der Waals surface area contributed by atoms with E-state index in [9.17, 15) is 0 Å². The molecule has 1 aromatic carbocycles. The third kappa shape index (κ3) is 2.33. The van der Waals surface area contributed by atoms with Crippen LogP contribution in [0.4, 0.5) is 0 Å². The lowest BCUT2D eigenvalue weighted by molar-refractivity contribution is 0.175. The second-order valence-electron chi connectivity index (χ2n) is 5.64. The minimum atomic E-state index is 0.405. The van der Waals surface area contributed by atoms with Gasteiger partial charge < -0.3 is 9.30 Å². The monoisotopic (exact) mass is 292 g/mol. The van der Waals surface area contributed by atoms with Crippen LogP contribution in [0.25, 0.3) is 11.0 Å². The number of fused-ring (bicyclic) bond motifs is 1. The summed E-state index contributed by atoms with van der Waals surface area (Å²) in [5.41, 5.74) is 3.56. The molecule has 108 valence electrons. The van der Waals surface area contributed by atoms with Crippen molar-refractivity contribution < 1.29 is 4.74 Å². The van der Waals surface area contributed by atoms with Gasteiger partial charge in [0.25, 0.3) is 0 Å². The molecule has 0 bridgehead atoms. The maximum absolute atomic E-state index is 5.96. The molecule has 20 heavy (non-hydrogen) atoms. The van der Waals surface area contributed by atoms with Crippen LogP contribution in [0, 0.1) is 12.8 Å². The molecular formula is C16H21ClN2O. The summed E-state index contributed by atoms with van der Waals surface area (Å²) in [6.45, 7) is 6.13. The summed E-state index contributed by atoms with van der Waals surface area (Å²) < 4.78 is 7.93. The van der Waals surface area contributed by atoms with Crippen LogP contribution >= 0.6 is 11.6 Å². The molecule has 0 saturated carbocycles. The van der Waals surface area contributed by atoms with Gasteiger partial charge in [-0.2, -0.15) is 0 Å². The molecule has 2 unspecified atom stereocenters. The molecule has 3 nitrogen and oxygen atoms in total. The molecule has 1 aliphatic rings. The minimum Gasteiger partial charge on any atom is -0.381 e. The first-order valence-corrected chi connectivity index (χ1v) is 7.86. The van der Waals surface area contributed by atoms with Gasteiger partial charge in [-0.25, -0.2) is 4.98 Å². The number of imidazole rings is 1. The molecule has 0 N–H and O–H groups in total. The molecule has 2 aromatic rings. The number of halogens is 1. The largest absolute Gasteiger partial charge is 0.381 e. The summed E-state index contributed by atoms with van der Waals surface area (Å²) in [5.74, 6) is 2.28. The summed E-state index contributed by atoms with van der Waals surface area (Å²) >= 11 is 5.96. The van der Waals surface area contributed by atoms with E-state index < -0.39 is 0 Å². The summed E-state index contributed by atoms with van der Waals surface area (Å²) in [5, 5.41) is 0. The Balaban J connectivity index is 2.10. The highest BCUT2D eigenvalue weighted by Gasteiger charge is 2.26. The molecular weight excluding hydrogens is 272 g/mol. The van der Waals surface area contributed by atoms with Crippen LogP contribution in [0.2, 0.25) is 0 Å². The van der Waals surface area contributed by atoms with Crippen molar-refractivity contribution in [3.63, 3.8) is 0 Å². The first kappa shape index (κ1) is 13.9. The van der Waals surface area contributed by atoms with Crippen LogP contribution in [0.3, 0.4) is 0 Å². The standard InChI is InChI=1S/C16H21ClN2O/c1-11-4-3-5-14-16(11)18-15(6-8-17)19(14)12(2)13-7-9-20-10-13/h3-5,12-13H,6-10H2,1-2H3. The van der Waals surface area contributed by atoms with Crippen molar-refractivity contribution in [3.05, 3.63) is 29.6 Å². The number of aryl methyl sites for hydroxylation is 2. The molecule has 1 aromatic heterocycles. The zero-order chi connectivity index (χ0) is 14.1. The maximum atomic E-state index is 5.96. The lowest BCUT2D eigenvalue weighted by atomic mass is 10.00. The highest BCUT2D eigenvalue weighted by atomic mass is 35.5. The Morgan fingerprint density at radius 1 is 1.50 bits per heavy atom. The van der Waals surface area contributed by atoms with E-state index in [2.05, 4.69) is 36.6 Å². The van der Waals surface area contributed by atoms with Crippen molar-refractivity contribution in [1.29, 1.82) is 0 Å². The van der Waals surface area contributed by atoms with Crippen LogP contribution in [-0.2, 0) is 11.2 Å². The van der Waals surface area contributed by atoms with Gasteiger partial charge in [0.2, 0.25) is 0 Å². The van der Waals surface area contributed by atoms with Crippen molar-refractivity contribution in [3.8, 4) is 0 Å². The molecule has 3 rings (SSSR count). The fourth-order valence-corrected chi connectivity index (χ4v) is 3.33. The average molecular weight is 293 g/mol. The lowest BCUT2D eigenvalue weighted by Crippen LogP contribution is -2.19. The predicted octanol–water partition coefficient (Wildman–Crippen LogP) is 3.72. The van der Waals surface area contributed by atoms with Crippen LogP contribution in [0.15, 0.2) is 18.2 Å². The molecule has 2 atom stereocenters. The molecule has 0 aliphatic carbocycles. The van der Waals surface area contributed by atoms with Gasteiger partial charge in [0, 0.05) is 30.9 Å². The Hall–Kier alpha value is -1.06. The predicted molar refractivity (Wildman–Crippen MR) is 82.5 cm³/mol. The van der Waals surface area contributed by atoms with E-state index in [4.69, 9.17) is 21.3 Å². The highest BCUT2D eigenvalue weighted by Crippen LogP contribution is 2.31. The topological polar surface area (TPSA) is 27.1 Å². The number of rotatable bonds is 4. The number of alkyl halides is 1. The van der Waals surface area contributed by atoms with Crippen LogP contribution < -0.4 is 0 Å². The lowest BCUT2D eigenvalue weighted by Gasteiger charge is -2.22. The van der Waals surface area contributed by atoms with Gasteiger partial charge in [-0.05, 0) is 31.9 Å². The van der Waals surface area contributed by atoms with Gasteiger partial charge >= 0.3 is 0 Å². The number of aromatic nitrogens is 2. The minimum absolute atomic E-state index is 0.405. The number of para-hydroxylation sites is 1. The Labute approximate surface area is 124 Å². The van der Waals surface area contributed by atoms with E-state index in [0.717, 1.165) is 37.4 Å². The van der Waals surface area contributed by atoms with E-state index in [0.29, 0.717) is 17.8 Å². The first-order valence-electron chi connectivity index (χ1n) is 7.32. The molecule has 4 heteroatoms. The summed E-state index contributed by atoms with van der Waals surface area (Å²) in [6, 6.07) is 6.80. The highest BCUT2D eigenvalue weighted by molar-refractivity contribution is 6.17. The van der Waals surface area contributed by atoms with E-state index in [1.54, 1.807) is 0 Å². The number of hydrogen-bond donors (Lipinski definition) is 0. The third-order valence-corrected chi connectivity index (χ3v) is 4.56. The maximum Gasteiger partial charge on any atom is 0.111 e. The van der Waals surface area contributed by atoms with Crippen molar-refractivity contribution in [2.45, 2.75) is 32.7 Å². The Kier molecular flexibility index (Phi) is 3.99. The van der Waals surface area contributed by atoms with Crippen molar-refractivity contribution >= 4 is 22.6 Å². The van der Waals surface area contributed by atoms with E-state index in [1.165, 1.54) is 11.1 Å². The molecule has 2 heterocycles. The first-order chi connectivity index (χ1) is 9.72. The summed E-state index contributed by atoms with van der Waals surface area (Å²) in [6.07, 6.45) is 1.95. The third-order valence-electron chi connectivity index (χ3n) is 4.37. The molecule has 0 amide bonds. The van der Waals surface area contributed by atoms with Crippen LogP contribution in [0.5, 0.6) is 0 Å². The molecule has 1 saturated heterocycles. The van der Waals surface area contributed by atoms with E-state index in [1.807, 2.05) is 0 Å². The summed E-state index contributed by atoms with van der Waals surface area (Å²) in [4.78, 5) is 4.83. The Morgan fingerprint density at radius 2 is 2.35 bits per heavy atom. The van der Waals surface area contributed by atoms with Crippen LogP contribution in [0.1, 0.15) is 30.8 Å². The van der Waals surface area contributed by atoms with Gasteiger partial charge in [0.15, 0.2) is 0 Å². The second kappa shape index (κ2) is 5.74. The molecule has 0 spiro atoms. The van der Waals surface area contributed by atoms with Crippen molar-refractivity contribution in [1.82, 2.24) is 9.55 Å². The number of ether oxygens (including phenoxy) is 1. The zero-order valence-corrected chi connectivity index (χ0v) is 12.9. The van der Waals surface area contributed by atoms with Gasteiger partial charge in [-0.3, -0.25) is 0 Å². The number of benzene rings is 1. The smallest absolute Gasteiger partial charge is 0.111 e. The summed E-state index contributed by atoms with van der Waals surface area (Å²) in [7, 11) is 0. The SMILES string of the molecule is Cc1cccc2c1nc(CCCl)n2C(C)C1CCOC1. The Bertz CT molecular complexity index is 602. The molecule has 1 fully saturated rings. The fraction of sp³-hybridized carbons (Fsp3) is 0.562. The van der Waals surface area contributed by atoms with E-state index in [-0.39, 0.29) is 0 Å². The molecule has 1 aliphatic heterocycles. The second-order valence-corrected chi connectivity index (χ2v) is 6.02. The van der Waals surface area contributed by atoms with E-state index >= 15 is 0 Å². The average Bonchev–Trinajstić information content (AvgIpc) is 3.06.